The number of imidazole rings is 1. The molecule has 0 amide bonds. The lowest BCUT2D eigenvalue weighted by Crippen LogP contribution is -2.41. The van der Waals surface area contributed by atoms with Gasteiger partial charge in [-0.2, -0.15) is 0 Å². The van der Waals surface area contributed by atoms with Crippen LogP contribution in [0.2, 0.25) is 0 Å². The lowest BCUT2D eigenvalue weighted by Gasteiger charge is -2.32. The number of rotatable bonds is 2. The van der Waals surface area contributed by atoms with Gasteiger partial charge in [0, 0.05) is 18.6 Å². The van der Waals surface area contributed by atoms with Crippen LogP contribution in [0.4, 0.5) is 0 Å². The summed E-state index contributed by atoms with van der Waals surface area (Å²) >= 11 is 0. The molecular weight excluding hydrogens is 255 g/mol. The van der Waals surface area contributed by atoms with E-state index in [-0.39, 0.29) is 11.2 Å². The predicted octanol–water partition coefficient (Wildman–Crippen LogP) is 0.961. The minimum absolute atomic E-state index is 0.370. The van der Waals surface area contributed by atoms with Crippen LogP contribution in [0.3, 0.4) is 0 Å². The average Bonchev–Trinajstić information content (AvgIpc) is 2.94. The summed E-state index contributed by atoms with van der Waals surface area (Å²) in [5.41, 5.74) is -0.0221. The predicted molar refractivity (Wildman–Crippen MR) is 74.9 cm³/mol. The van der Waals surface area contributed by atoms with Gasteiger partial charge in [-0.05, 0) is 33.8 Å². The van der Waals surface area contributed by atoms with Crippen molar-refractivity contribution in [2.24, 2.45) is 0 Å². The molecule has 0 radical (unpaired) electrons. The Balaban J connectivity index is 1.86. The second-order valence-electron chi connectivity index (χ2n) is 5.84. The van der Waals surface area contributed by atoms with Crippen LogP contribution in [0.1, 0.15) is 27.7 Å². The molecule has 0 saturated carbocycles. The summed E-state index contributed by atoms with van der Waals surface area (Å²) < 4.78 is 13.7. The van der Waals surface area contributed by atoms with E-state index in [4.69, 9.17) is 9.31 Å². The van der Waals surface area contributed by atoms with Crippen molar-refractivity contribution in [3.63, 3.8) is 0 Å². The molecule has 0 atom stereocenters. The van der Waals surface area contributed by atoms with Gasteiger partial charge in [0.2, 0.25) is 5.95 Å². The highest BCUT2D eigenvalue weighted by Gasteiger charge is 2.52. The minimum atomic E-state index is -0.468. The molecule has 3 rings (SSSR count). The molecule has 1 saturated heterocycles. The van der Waals surface area contributed by atoms with Crippen LogP contribution < -0.4 is 5.59 Å². The molecule has 0 aromatic carbocycles. The highest BCUT2D eigenvalue weighted by atomic mass is 16.7. The van der Waals surface area contributed by atoms with Crippen molar-refractivity contribution >= 4 is 12.7 Å². The maximum absolute atomic E-state index is 5.96. The highest BCUT2D eigenvalue weighted by Crippen LogP contribution is 2.36. The Hall–Kier alpha value is -1.73. The van der Waals surface area contributed by atoms with Crippen LogP contribution in [0.15, 0.2) is 31.0 Å². The van der Waals surface area contributed by atoms with Crippen molar-refractivity contribution in [1.29, 1.82) is 0 Å². The van der Waals surface area contributed by atoms with Gasteiger partial charge in [0.25, 0.3) is 0 Å². The summed E-state index contributed by atoms with van der Waals surface area (Å²) in [6, 6.07) is 1.77. The van der Waals surface area contributed by atoms with E-state index in [9.17, 15) is 0 Å². The summed E-state index contributed by atoms with van der Waals surface area (Å²) in [5, 5.41) is 0. The first-order valence-corrected chi connectivity index (χ1v) is 6.56. The summed E-state index contributed by atoms with van der Waals surface area (Å²) in [7, 11) is -0.468. The summed E-state index contributed by atoms with van der Waals surface area (Å²) in [6.07, 6.45) is 6.88. The summed E-state index contributed by atoms with van der Waals surface area (Å²) in [5.74, 6) is 0.572. The minimum Gasteiger partial charge on any atom is -0.398 e. The number of hydrogen-bond donors (Lipinski definition) is 0. The Morgan fingerprint density at radius 2 is 1.60 bits per heavy atom. The van der Waals surface area contributed by atoms with Crippen LogP contribution in [0, 0.1) is 0 Å². The molecule has 1 fully saturated rings. The Morgan fingerprint density at radius 3 is 2.20 bits per heavy atom. The van der Waals surface area contributed by atoms with Crippen molar-refractivity contribution in [3.8, 4) is 5.95 Å². The van der Waals surface area contributed by atoms with Gasteiger partial charge in [0.1, 0.15) is 6.33 Å². The number of aromatic nitrogens is 4. The molecule has 2 aromatic rings. The third-order valence-corrected chi connectivity index (χ3v) is 3.88. The zero-order valence-corrected chi connectivity index (χ0v) is 12.1. The van der Waals surface area contributed by atoms with E-state index in [2.05, 4.69) is 15.0 Å². The molecular formula is C13H17BN4O2. The van der Waals surface area contributed by atoms with Crippen molar-refractivity contribution < 1.29 is 9.31 Å². The Kier molecular flexibility index (Phi) is 2.91. The first-order valence-electron chi connectivity index (χ1n) is 6.56. The molecule has 6 nitrogen and oxygen atoms in total. The molecule has 20 heavy (non-hydrogen) atoms. The van der Waals surface area contributed by atoms with Crippen LogP contribution in [-0.4, -0.2) is 37.8 Å². The molecule has 0 spiro atoms. The third-order valence-electron chi connectivity index (χ3n) is 3.88. The van der Waals surface area contributed by atoms with E-state index in [1.165, 1.54) is 0 Å². The molecule has 0 bridgehead atoms. The molecule has 104 valence electrons. The first kappa shape index (κ1) is 13.3. The van der Waals surface area contributed by atoms with E-state index in [1.54, 1.807) is 29.4 Å². The van der Waals surface area contributed by atoms with Crippen molar-refractivity contribution in [1.82, 2.24) is 19.5 Å². The van der Waals surface area contributed by atoms with Crippen molar-refractivity contribution in [2.75, 3.05) is 0 Å². The van der Waals surface area contributed by atoms with Crippen molar-refractivity contribution in [3.05, 3.63) is 31.0 Å². The Morgan fingerprint density at radius 1 is 1.00 bits per heavy atom. The second-order valence-corrected chi connectivity index (χ2v) is 5.84. The van der Waals surface area contributed by atoms with E-state index in [0.717, 1.165) is 5.59 Å². The normalized spacial score (nSPS) is 20.3. The second kappa shape index (κ2) is 4.39. The molecule has 7 heteroatoms. The fourth-order valence-corrected chi connectivity index (χ4v) is 1.96. The van der Waals surface area contributed by atoms with Crippen LogP contribution in [0.25, 0.3) is 5.95 Å². The quantitative estimate of drug-likeness (QED) is 0.762. The van der Waals surface area contributed by atoms with E-state index in [0.29, 0.717) is 5.95 Å². The molecule has 0 N–H and O–H groups in total. The van der Waals surface area contributed by atoms with Crippen LogP contribution in [-0.2, 0) is 9.31 Å². The highest BCUT2D eigenvalue weighted by molar-refractivity contribution is 6.61. The maximum Gasteiger partial charge on any atom is 0.516 e. The van der Waals surface area contributed by atoms with Crippen LogP contribution >= 0.6 is 0 Å². The molecule has 3 heterocycles. The van der Waals surface area contributed by atoms with Gasteiger partial charge in [-0.3, -0.25) is 4.57 Å². The van der Waals surface area contributed by atoms with Gasteiger partial charge in [0.15, 0.2) is 0 Å². The lowest BCUT2D eigenvalue weighted by atomic mass is 9.86. The zero-order chi connectivity index (χ0) is 14.4. The number of hydrogen-bond acceptors (Lipinski definition) is 5. The monoisotopic (exact) mass is 272 g/mol. The molecule has 0 aliphatic carbocycles. The van der Waals surface area contributed by atoms with Gasteiger partial charge in [-0.15, -0.1) is 0 Å². The van der Waals surface area contributed by atoms with E-state index >= 15 is 0 Å². The van der Waals surface area contributed by atoms with Crippen molar-refractivity contribution in [2.45, 2.75) is 38.9 Å². The van der Waals surface area contributed by atoms with E-state index in [1.807, 2.05) is 33.9 Å². The SMILES string of the molecule is CC1(C)OB(c2cn(-c3ncccn3)cn2)OC1(C)C. The fourth-order valence-electron chi connectivity index (χ4n) is 1.96. The molecule has 1 aliphatic rings. The van der Waals surface area contributed by atoms with Gasteiger partial charge < -0.3 is 9.31 Å². The van der Waals surface area contributed by atoms with Gasteiger partial charge in [-0.1, -0.05) is 0 Å². The molecule has 1 aliphatic heterocycles. The summed E-state index contributed by atoms with van der Waals surface area (Å²) in [4.78, 5) is 12.7. The summed E-state index contributed by atoms with van der Waals surface area (Å²) in [6.45, 7) is 8.07. The zero-order valence-electron chi connectivity index (χ0n) is 12.1. The average molecular weight is 272 g/mol. The standard InChI is InChI=1S/C13H17BN4O2/c1-12(2)13(3,4)20-14(19-12)10-8-18(9-17-10)11-15-6-5-7-16-11/h5-9H,1-4H3. The van der Waals surface area contributed by atoms with Crippen LogP contribution in [0.5, 0.6) is 0 Å². The first-order chi connectivity index (χ1) is 9.39. The van der Waals surface area contributed by atoms with Gasteiger partial charge in [0.05, 0.1) is 16.8 Å². The largest absolute Gasteiger partial charge is 0.516 e. The van der Waals surface area contributed by atoms with Gasteiger partial charge >= 0.3 is 7.12 Å². The van der Waals surface area contributed by atoms with E-state index < -0.39 is 7.12 Å². The van der Waals surface area contributed by atoms with Gasteiger partial charge in [-0.25, -0.2) is 15.0 Å². The fraction of sp³-hybridized carbons (Fsp3) is 0.462. The molecule has 0 unspecified atom stereocenters. The third kappa shape index (κ3) is 2.12. The number of nitrogens with zero attached hydrogens (tertiary/aromatic N) is 4. The maximum atomic E-state index is 5.96. The smallest absolute Gasteiger partial charge is 0.398 e. The Bertz CT molecular complexity index is 596. The lowest BCUT2D eigenvalue weighted by molar-refractivity contribution is 0.00578. The Labute approximate surface area is 118 Å². The molecule has 2 aromatic heterocycles. The topological polar surface area (TPSA) is 62.1 Å².